The van der Waals surface area contributed by atoms with Crippen LogP contribution in [0.5, 0.6) is 17.2 Å². The van der Waals surface area contributed by atoms with E-state index in [-0.39, 0.29) is 11.6 Å². The number of ether oxygens (including phenoxy) is 3. The zero-order valence-electron chi connectivity index (χ0n) is 10.1. The predicted octanol–water partition coefficient (Wildman–Crippen LogP) is 2.94. The molecule has 0 aromatic heterocycles. The molecule has 0 unspecified atom stereocenters. The molecular formula is C12H17FO3. The summed E-state index contributed by atoms with van der Waals surface area (Å²) >= 11 is 0. The molecule has 1 aliphatic rings. The Kier molecular flexibility index (Phi) is 4.40. The topological polar surface area (TPSA) is 27.7 Å². The Labute approximate surface area is 95.1 Å². The van der Waals surface area contributed by atoms with Crippen molar-refractivity contribution < 1.29 is 18.6 Å². The van der Waals surface area contributed by atoms with E-state index in [2.05, 4.69) is 0 Å². The van der Waals surface area contributed by atoms with E-state index < -0.39 is 0 Å². The summed E-state index contributed by atoms with van der Waals surface area (Å²) in [7, 11) is 1.52. The van der Waals surface area contributed by atoms with Crippen LogP contribution in [0.1, 0.15) is 19.4 Å². The minimum absolute atomic E-state index is 0.160. The number of hydrogen-bond donors (Lipinski definition) is 0. The molecule has 0 saturated carbocycles. The van der Waals surface area contributed by atoms with Crippen molar-refractivity contribution in [3.8, 4) is 17.2 Å². The maximum Gasteiger partial charge on any atom is 0.206 e. The smallest absolute Gasteiger partial charge is 0.206 e. The lowest BCUT2D eigenvalue weighted by Crippen LogP contribution is -2.17. The van der Waals surface area contributed by atoms with E-state index in [1.54, 1.807) is 13.0 Å². The molecule has 0 bridgehead atoms. The molecule has 0 atom stereocenters. The van der Waals surface area contributed by atoms with Gasteiger partial charge in [0.15, 0.2) is 11.6 Å². The van der Waals surface area contributed by atoms with Gasteiger partial charge in [-0.05, 0) is 18.6 Å². The third kappa shape index (κ3) is 2.21. The van der Waals surface area contributed by atoms with Gasteiger partial charge in [0, 0.05) is 0 Å². The number of halogens is 1. The van der Waals surface area contributed by atoms with Gasteiger partial charge in [-0.15, -0.1) is 0 Å². The van der Waals surface area contributed by atoms with Crippen LogP contribution in [0, 0.1) is 12.7 Å². The highest BCUT2D eigenvalue weighted by Crippen LogP contribution is 2.42. The molecule has 4 heteroatoms. The fourth-order valence-corrected chi connectivity index (χ4v) is 1.42. The fraction of sp³-hybridized carbons (Fsp3) is 0.500. The second kappa shape index (κ2) is 5.58. The summed E-state index contributed by atoms with van der Waals surface area (Å²) in [5.41, 5.74) is 0.492. The Hall–Kier alpha value is -1.45. The van der Waals surface area contributed by atoms with E-state index in [0.717, 1.165) is 0 Å². The first-order chi connectivity index (χ1) is 7.74. The molecule has 16 heavy (non-hydrogen) atoms. The summed E-state index contributed by atoms with van der Waals surface area (Å²) in [6.07, 6.45) is 0. The first-order valence-corrected chi connectivity index (χ1v) is 5.36. The van der Waals surface area contributed by atoms with E-state index >= 15 is 0 Å². The van der Waals surface area contributed by atoms with Gasteiger partial charge in [-0.25, -0.2) is 4.39 Å². The quantitative estimate of drug-likeness (QED) is 0.739. The molecule has 1 aliphatic heterocycles. The summed E-state index contributed by atoms with van der Waals surface area (Å²) in [6.45, 7) is 6.46. The van der Waals surface area contributed by atoms with Crippen molar-refractivity contribution in [3.63, 3.8) is 0 Å². The summed E-state index contributed by atoms with van der Waals surface area (Å²) in [5.74, 6) is 0.661. The Morgan fingerprint density at radius 1 is 1.19 bits per heavy atom. The van der Waals surface area contributed by atoms with Crippen LogP contribution in [0.3, 0.4) is 0 Å². The molecule has 0 N–H and O–H groups in total. The van der Waals surface area contributed by atoms with Crippen LogP contribution in [0.25, 0.3) is 0 Å². The number of rotatable bonds is 1. The van der Waals surface area contributed by atoms with E-state index in [4.69, 9.17) is 14.2 Å². The Morgan fingerprint density at radius 3 is 2.31 bits per heavy atom. The zero-order valence-corrected chi connectivity index (χ0v) is 10.1. The van der Waals surface area contributed by atoms with Crippen LogP contribution in [-0.4, -0.2) is 20.3 Å². The third-order valence-corrected chi connectivity index (χ3v) is 2.12. The van der Waals surface area contributed by atoms with E-state index in [1.807, 2.05) is 13.8 Å². The summed E-state index contributed by atoms with van der Waals surface area (Å²) in [4.78, 5) is 0. The number of fused-ring (bicyclic) bond motifs is 1. The minimum atomic E-state index is -0.375. The van der Waals surface area contributed by atoms with Crippen molar-refractivity contribution in [2.45, 2.75) is 20.8 Å². The van der Waals surface area contributed by atoms with Gasteiger partial charge in [-0.1, -0.05) is 13.8 Å². The highest BCUT2D eigenvalue weighted by molar-refractivity contribution is 5.55. The number of aryl methyl sites for hydroxylation is 1. The molecule has 0 aliphatic carbocycles. The van der Waals surface area contributed by atoms with Gasteiger partial charge in [-0.2, -0.15) is 0 Å². The molecular weight excluding hydrogens is 211 g/mol. The normalized spacial score (nSPS) is 12.6. The second-order valence-electron chi connectivity index (χ2n) is 3.06. The standard InChI is InChI=1S/C10H11FO3.C2H6/c1-6-5-7(12-2)9-10(8(6)11)14-4-3-13-9;1-2/h5H,3-4H2,1-2H3;1-2H3. The molecule has 0 spiro atoms. The van der Waals surface area contributed by atoms with Gasteiger partial charge < -0.3 is 14.2 Å². The fourth-order valence-electron chi connectivity index (χ4n) is 1.42. The van der Waals surface area contributed by atoms with Crippen molar-refractivity contribution in [3.05, 3.63) is 17.4 Å². The summed E-state index contributed by atoms with van der Waals surface area (Å²) in [5, 5.41) is 0. The lowest BCUT2D eigenvalue weighted by Gasteiger charge is -2.21. The van der Waals surface area contributed by atoms with Crippen LogP contribution < -0.4 is 14.2 Å². The lowest BCUT2D eigenvalue weighted by atomic mass is 10.2. The molecule has 0 radical (unpaired) electrons. The van der Waals surface area contributed by atoms with Gasteiger partial charge in [0.05, 0.1) is 7.11 Å². The van der Waals surface area contributed by atoms with Gasteiger partial charge in [-0.3, -0.25) is 0 Å². The molecule has 0 amide bonds. The average molecular weight is 228 g/mol. The largest absolute Gasteiger partial charge is 0.493 e. The second-order valence-corrected chi connectivity index (χ2v) is 3.06. The number of benzene rings is 1. The molecule has 0 fully saturated rings. The number of methoxy groups -OCH3 is 1. The lowest BCUT2D eigenvalue weighted by molar-refractivity contribution is 0.157. The van der Waals surface area contributed by atoms with Crippen LogP contribution >= 0.6 is 0 Å². The average Bonchev–Trinajstić information content (AvgIpc) is 2.36. The van der Waals surface area contributed by atoms with Crippen LogP contribution in [-0.2, 0) is 0 Å². The van der Waals surface area contributed by atoms with E-state index in [0.29, 0.717) is 30.3 Å². The SMILES string of the molecule is CC.COc1cc(C)c(F)c2c1OCCO2. The van der Waals surface area contributed by atoms with E-state index in [9.17, 15) is 4.39 Å². The molecule has 1 aromatic rings. The molecule has 1 heterocycles. The Bertz CT molecular complexity index is 364. The number of hydrogen-bond acceptors (Lipinski definition) is 3. The highest BCUT2D eigenvalue weighted by Gasteiger charge is 2.22. The Balaban J connectivity index is 0.000000606. The van der Waals surface area contributed by atoms with Gasteiger partial charge in [0.25, 0.3) is 0 Å². The maximum absolute atomic E-state index is 13.5. The zero-order chi connectivity index (χ0) is 12.1. The molecule has 90 valence electrons. The predicted molar refractivity (Wildman–Crippen MR) is 60.0 cm³/mol. The third-order valence-electron chi connectivity index (χ3n) is 2.12. The first-order valence-electron chi connectivity index (χ1n) is 5.36. The molecule has 3 nitrogen and oxygen atoms in total. The first kappa shape index (κ1) is 12.6. The van der Waals surface area contributed by atoms with Crippen molar-refractivity contribution in [1.82, 2.24) is 0 Å². The monoisotopic (exact) mass is 228 g/mol. The van der Waals surface area contributed by atoms with Crippen molar-refractivity contribution in [2.75, 3.05) is 20.3 Å². The maximum atomic E-state index is 13.5. The van der Waals surface area contributed by atoms with Crippen LogP contribution in [0.4, 0.5) is 4.39 Å². The van der Waals surface area contributed by atoms with Gasteiger partial charge in [0.2, 0.25) is 11.5 Å². The van der Waals surface area contributed by atoms with Crippen molar-refractivity contribution >= 4 is 0 Å². The van der Waals surface area contributed by atoms with E-state index in [1.165, 1.54) is 7.11 Å². The van der Waals surface area contributed by atoms with Gasteiger partial charge in [0.1, 0.15) is 13.2 Å². The highest BCUT2D eigenvalue weighted by atomic mass is 19.1. The van der Waals surface area contributed by atoms with Gasteiger partial charge >= 0.3 is 0 Å². The van der Waals surface area contributed by atoms with Crippen molar-refractivity contribution in [1.29, 1.82) is 0 Å². The minimum Gasteiger partial charge on any atom is -0.493 e. The summed E-state index contributed by atoms with van der Waals surface area (Å²) < 4.78 is 29.1. The molecule has 1 aromatic carbocycles. The molecule has 0 saturated heterocycles. The molecule has 2 rings (SSSR count). The van der Waals surface area contributed by atoms with Crippen LogP contribution in [0.2, 0.25) is 0 Å². The van der Waals surface area contributed by atoms with Crippen LogP contribution in [0.15, 0.2) is 6.07 Å². The Morgan fingerprint density at radius 2 is 1.75 bits per heavy atom. The summed E-state index contributed by atoms with van der Waals surface area (Å²) in [6, 6.07) is 1.60. The van der Waals surface area contributed by atoms with Crippen molar-refractivity contribution in [2.24, 2.45) is 0 Å².